The summed E-state index contributed by atoms with van der Waals surface area (Å²) in [5, 5.41) is 10.8. The summed E-state index contributed by atoms with van der Waals surface area (Å²) in [6.45, 7) is 0.732. The molecule has 1 fully saturated rings. The number of nitrogens with one attached hydrogen (secondary N) is 1. The summed E-state index contributed by atoms with van der Waals surface area (Å²) in [5.74, 6) is 0.728. The predicted octanol–water partition coefficient (Wildman–Crippen LogP) is -0.470. The maximum absolute atomic E-state index is 12.0. The molecule has 6 heteroatoms. The van der Waals surface area contributed by atoms with E-state index in [1.165, 1.54) is 0 Å². The zero-order chi connectivity index (χ0) is 10.8. The topological polar surface area (TPSA) is 63.1 Å². The number of hydrogen-bond donors (Lipinski definition) is 1. The molecule has 0 saturated carbocycles. The number of likely N-dealkylation sites (N-methyl/N-ethyl adjacent to an activating group) is 1. The summed E-state index contributed by atoms with van der Waals surface area (Å²) >= 11 is 0. The number of piperidine rings is 1. The van der Waals surface area contributed by atoms with Crippen molar-refractivity contribution in [2.75, 3.05) is 18.5 Å². The lowest BCUT2D eigenvalue weighted by molar-refractivity contribution is -0.121. The number of hydrogen-bond acceptors (Lipinski definition) is 4. The standard InChI is InChI=1S/C9H15N5O/c1-10-7-4-3-5-14(9(7)15)8-6-13(2)12-11-8/h6-7,10H,3-5H2,1-2H3/t7-/m1/s1. The van der Waals surface area contributed by atoms with E-state index in [0.717, 1.165) is 19.4 Å². The molecule has 15 heavy (non-hydrogen) atoms. The van der Waals surface area contributed by atoms with Gasteiger partial charge in [0.1, 0.15) is 0 Å². The fourth-order valence-corrected chi connectivity index (χ4v) is 1.83. The van der Waals surface area contributed by atoms with Crippen molar-refractivity contribution in [2.24, 2.45) is 7.05 Å². The molecule has 1 atom stereocenters. The van der Waals surface area contributed by atoms with E-state index in [1.807, 2.05) is 7.05 Å². The molecule has 1 aliphatic rings. The molecule has 0 unspecified atom stereocenters. The quantitative estimate of drug-likeness (QED) is 0.715. The number of aryl methyl sites for hydroxylation is 1. The van der Waals surface area contributed by atoms with Gasteiger partial charge in [-0.3, -0.25) is 14.4 Å². The molecule has 1 aromatic rings. The minimum atomic E-state index is -0.0826. The van der Waals surface area contributed by atoms with Crippen LogP contribution in [0.2, 0.25) is 0 Å². The van der Waals surface area contributed by atoms with Crippen LogP contribution in [0.4, 0.5) is 5.82 Å². The Kier molecular flexibility index (Phi) is 2.68. The van der Waals surface area contributed by atoms with E-state index in [2.05, 4.69) is 15.6 Å². The van der Waals surface area contributed by atoms with Crippen LogP contribution in [0.5, 0.6) is 0 Å². The molecule has 1 aromatic heterocycles. The van der Waals surface area contributed by atoms with Crippen LogP contribution in [0.25, 0.3) is 0 Å². The Morgan fingerprint density at radius 3 is 3.00 bits per heavy atom. The molecule has 1 amide bonds. The molecule has 1 saturated heterocycles. The summed E-state index contributed by atoms with van der Waals surface area (Å²) < 4.78 is 1.60. The van der Waals surface area contributed by atoms with E-state index in [4.69, 9.17) is 0 Å². The fraction of sp³-hybridized carbons (Fsp3) is 0.667. The lowest BCUT2D eigenvalue weighted by Crippen LogP contribution is -2.50. The highest BCUT2D eigenvalue weighted by atomic mass is 16.2. The molecule has 2 rings (SSSR count). The Labute approximate surface area is 88.2 Å². The number of anilines is 1. The van der Waals surface area contributed by atoms with E-state index >= 15 is 0 Å². The third kappa shape index (κ3) is 1.85. The van der Waals surface area contributed by atoms with Gasteiger partial charge in [0, 0.05) is 13.6 Å². The molecule has 0 bridgehead atoms. The molecular weight excluding hydrogens is 194 g/mol. The van der Waals surface area contributed by atoms with E-state index < -0.39 is 0 Å². The summed E-state index contributed by atoms with van der Waals surface area (Å²) in [6.07, 6.45) is 3.65. The number of aromatic nitrogens is 3. The molecule has 2 heterocycles. The highest BCUT2D eigenvalue weighted by molar-refractivity contribution is 5.96. The molecule has 0 aromatic carbocycles. The smallest absolute Gasteiger partial charge is 0.245 e. The van der Waals surface area contributed by atoms with Crippen molar-refractivity contribution in [3.8, 4) is 0 Å². The second-order valence-electron chi connectivity index (χ2n) is 3.72. The van der Waals surface area contributed by atoms with Gasteiger partial charge in [0.15, 0.2) is 5.82 Å². The summed E-state index contributed by atoms with van der Waals surface area (Å²) in [7, 11) is 3.60. The first-order valence-corrected chi connectivity index (χ1v) is 5.07. The lowest BCUT2D eigenvalue weighted by Gasteiger charge is -2.30. The third-order valence-corrected chi connectivity index (χ3v) is 2.65. The molecule has 1 N–H and O–H groups in total. The molecule has 1 aliphatic heterocycles. The van der Waals surface area contributed by atoms with Gasteiger partial charge in [-0.15, -0.1) is 5.10 Å². The first kappa shape index (κ1) is 10.1. The molecular formula is C9H15N5O. The Bertz CT molecular complexity index is 361. The predicted molar refractivity (Wildman–Crippen MR) is 55.4 cm³/mol. The Morgan fingerprint density at radius 1 is 1.60 bits per heavy atom. The zero-order valence-electron chi connectivity index (χ0n) is 8.97. The molecule has 6 nitrogen and oxygen atoms in total. The number of nitrogens with zero attached hydrogens (tertiary/aromatic N) is 4. The second kappa shape index (κ2) is 3.98. The van der Waals surface area contributed by atoms with Crippen LogP contribution in [-0.2, 0) is 11.8 Å². The first-order valence-electron chi connectivity index (χ1n) is 5.07. The molecule has 0 spiro atoms. The molecule has 0 aliphatic carbocycles. The summed E-state index contributed by atoms with van der Waals surface area (Å²) in [4.78, 5) is 13.6. The van der Waals surface area contributed by atoms with Gasteiger partial charge in [-0.1, -0.05) is 5.21 Å². The van der Waals surface area contributed by atoms with Crippen molar-refractivity contribution in [3.63, 3.8) is 0 Å². The highest BCUT2D eigenvalue weighted by Crippen LogP contribution is 2.17. The van der Waals surface area contributed by atoms with Gasteiger partial charge in [0.25, 0.3) is 0 Å². The van der Waals surface area contributed by atoms with E-state index in [9.17, 15) is 4.79 Å². The number of amides is 1. The Hall–Kier alpha value is -1.43. The average molecular weight is 209 g/mol. The van der Waals surface area contributed by atoms with E-state index in [1.54, 1.807) is 22.8 Å². The van der Waals surface area contributed by atoms with E-state index in [-0.39, 0.29) is 11.9 Å². The van der Waals surface area contributed by atoms with Gasteiger partial charge < -0.3 is 5.32 Å². The normalized spacial score (nSPS) is 22.1. The van der Waals surface area contributed by atoms with Crippen LogP contribution in [0.1, 0.15) is 12.8 Å². The molecule has 0 radical (unpaired) electrons. The first-order chi connectivity index (χ1) is 7.22. The van der Waals surface area contributed by atoms with E-state index in [0.29, 0.717) is 5.82 Å². The van der Waals surface area contributed by atoms with Crippen molar-refractivity contribution < 1.29 is 4.79 Å². The van der Waals surface area contributed by atoms with Crippen molar-refractivity contribution >= 4 is 11.7 Å². The lowest BCUT2D eigenvalue weighted by atomic mass is 10.1. The van der Waals surface area contributed by atoms with Crippen LogP contribution in [-0.4, -0.2) is 40.5 Å². The number of carbonyl (C=O) groups excluding carboxylic acids is 1. The van der Waals surface area contributed by atoms with Gasteiger partial charge in [-0.25, -0.2) is 0 Å². The van der Waals surface area contributed by atoms with Crippen molar-refractivity contribution in [3.05, 3.63) is 6.20 Å². The summed E-state index contributed by atoms with van der Waals surface area (Å²) in [6, 6.07) is -0.0826. The largest absolute Gasteiger partial charge is 0.309 e. The number of carbonyl (C=O) groups is 1. The van der Waals surface area contributed by atoms with Crippen molar-refractivity contribution in [2.45, 2.75) is 18.9 Å². The average Bonchev–Trinajstić information content (AvgIpc) is 2.65. The van der Waals surface area contributed by atoms with Crippen molar-refractivity contribution in [1.29, 1.82) is 0 Å². The Morgan fingerprint density at radius 2 is 2.40 bits per heavy atom. The van der Waals surface area contributed by atoms with Crippen LogP contribution in [0, 0.1) is 0 Å². The Balaban J connectivity index is 2.18. The van der Waals surface area contributed by atoms with Gasteiger partial charge in [0.2, 0.25) is 5.91 Å². The van der Waals surface area contributed by atoms with Crippen LogP contribution >= 0.6 is 0 Å². The fourth-order valence-electron chi connectivity index (χ4n) is 1.83. The van der Waals surface area contributed by atoms with Gasteiger partial charge in [-0.2, -0.15) is 0 Å². The highest BCUT2D eigenvalue weighted by Gasteiger charge is 2.29. The zero-order valence-corrected chi connectivity index (χ0v) is 8.97. The van der Waals surface area contributed by atoms with Gasteiger partial charge >= 0.3 is 0 Å². The SMILES string of the molecule is CN[C@@H]1CCCN(c2cn(C)nn2)C1=O. The number of rotatable bonds is 2. The maximum Gasteiger partial charge on any atom is 0.245 e. The monoisotopic (exact) mass is 209 g/mol. The van der Waals surface area contributed by atoms with Gasteiger partial charge in [-0.05, 0) is 19.9 Å². The second-order valence-corrected chi connectivity index (χ2v) is 3.72. The molecule has 82 valence electrons. The van der Waals surface area contributed by atoms with Crippen LogP contribution in [0.15, 0.2) is 6.20 Å². The summed E-state index contributed by atoms with van der Waals surface area (Å²) in [5.41, 5.74) is 0. The minimum Gasteiger partial charge on any atom is -0.309 e. The third-order valence-electron chi connectivity index (χ3n) is 2.65. The minimum absolute atomic E-state index is 0.0826. The van der Waals surface area contributed by atoms with Crippen molar-refractivity contribution in [1.82, 2.24) is 20.3 Å². The maximum atomic E-state index is 12.0. The van der Waals surface area contributed by atoms with Crippen LogP contribution in [0.3, 0.4) is 0 Å². The van der Waals surface area contributed by atoms with Crippen LogP contribution < -0.4 is 10.2 Å². The van der Waals surface area contributed by atoms with Gasteiger partial charge in [0.05, 0.1) is 12.2 Å².